The minimum absolute atomic E-state index is 0.00546. The Bertz CT molecular complexity index is 555. The van der Waals surface area contributed by atoms with Crippen molar-refractivity contribution < 1.29 is 39.6 Å². The molecule has 0 aromatic carbocycles. The first-order chi connectivity index (χ1) is 13.1. The molecule has 12 heteroatoms. The van der Waals surface area contributed by atoms with Crippen LogP contribution in [-0.4, -0.2) is 67.9 Å². The first-order valence-electron chi connectivity index (χ1n) is 9.03. The lowest BCUT2D eigenvalue weighted by molar-refractivity contribution is -0.155. The molecule has 1 atom stereocenters. The summed E-state index contributed by atoms with van der Waals surface area (Å²) < 4.78 is 0. The lowest BCUT2D eigenvalue weighted by Gasteiger charge is -2.42. The molecule has 7 N–H and O–H groups in total. The van der Waals surface area contributed by atoms with Gasteiger partial charge in [-0.1, -0.05) is 6.42 Å². The molecular formula is C16H28N4O8. The Hall–Kier alpha value is -2.28. The summed E-state index contributed by atoms with van der Waals surface area (Å²) in [6.07, 6.45) is 0.992. The van der Waals surface area contributed by atoms with Gasteiger partial charge in [-0.2, -0.15) is 11.1 Å². The van der Waals surface area contributed by atoms with Gasteiger partial charge in [0.2, 0.25) is 0 Å². The van der Waals surface area contributed by atoms with Crippen LogP contribution in [0.2, 0.25) is 0 Å². The number of rotatable bonds is 8. The molecule has 1 heterocycles. The second kappa shape index (κ2) is 11.5. The maximum absolute atomic E-state index is 11.5. The molecule has 1 saturated heterocycles. The molecule has 1 aliphatic heterocycles. The maximum Gasteiger partial charge on any atom is 0.319 e. The van der Waals surface area contributed by atoms with Crippen LogP contribution in [0.25, 0.3) is 0 Å². The van der Waals surface area contributed by atoms with Crippen LogP contribution in [0.1, 0.15) is 51.4 Å². The van der Waals surface area contributed by atoms with E-state index in [1.165, 1.54) is 0 Å². The van der Waals surface area contributed by atoms with Crippen molar-refractivity contribution in [1.82, 2.24) is 21.5 Å². The van der Waals surface area contributed by atoms with Crippen molar-refractivity contribution in [3.05, 3.63) is 0 Å². The molecule has 0 amide bonds. The van der Waals surface area contributed by atoms with E-state index in [9.17, 15) is 34.5 Å². The number of hydrogen-bond donors (Lipinski definition) is 7. The Morgan fingerprint density at radius 2 is 1.54 bits per heavy atom. The van der Waals surface area contributed by atoms with Gasteiger partial charge in [0.1, 0.15) is 6.54 Å². The lowest BCUT2D eigenvalue weighted by atomic mass is 9.81. The van der Waals surface area contributed by atoms with E-state index in [2.05, 4.69) is 16.5 Å². The Labute approximate surface area is 161 Å². The van der Waals surface area contributed by atoms with Crippen LogP contribution in [0.5, 0.6) is 0 Å². The number of aliphatic carboxylic acids is 4. The van der Waals surface area contributed by atoms with Gasteiger partial charge in [-0.25, -0.2) is 10.4 Å². The highest BCUT2D eigenvalue weighted by molar-refractivity contribution is 5.74. The van der Waals surface area contributed by atoms with Gasteiger partial charge in [-0.05, 0) is 31.6 Å². The van der Waals surface area contributed by atoms with Gasteiger partial charge in [-0.3, -0.25) is 19.2 Å². The van der Waals surface area contributed by atoms with Gasteiger partial charge in [0, 0.05) is 13.0 Å². The minimum Gasteiger partial charge on any atom is -0.481 e. The fourth-order valence-corrected chi connectivity index (χ4v) is 3.47. The predicted octanol–water partition coefficient (Wildman–Crippen LogP) is -0.370. The fraction of sp³-hybridized carbons (Fsp3) is 0.750. The molecule has 0 bridgehead atoms. The van der Waals surface area contributed by atoms with Crippen LogP contribution in [0.15, 0.2) is 0 Å². The van der Waals surface area contributed by atoms with E-state index in [-0.39, 0.29) is 25.2 Å². The monoisotopic (exact) mass is 404 g/mol. The summed E-state index contributed by atoms with van der Waals surface area (Å²) in [4.78, 5) is 45.5. The van der Waals surface area contributed by atoms with E-state index in [1.807, 2.05) is 0 Å². The van der Waals surface area contributed by atoms with Gasteiger partial charge < -0.3 is 20.4 Å². The van der Waals surface area contributed by atoms with E-state index in [1.54, 1.807) is 0 Å². The van der Waals surface area contributed by atoms with Crippen LogP contribution < -0.4 is 16.5 Å². The standard InChI is InChI=1S/C16H28N4O8/c21-12(22)7-11-3-1-2-6-17-18-19-20(10-15(27)28)16(5-4-11,8-13(23)24)9-14(25)26/h11,17-19H,1-10H2,(H,21,22)(H,23,24)(H,25,26)(H,27,28). The fourth-order valence-electron chi connectivity index (χ4n) is 3.47. The SMILES string of the molecule is O=C(O)CC1CCCCNNNN(CC(=O)O)C(CC(=O)O)(CC(=O)O)CC1. The van der Waals surface area contributed by atoms with Gasteiger partial charge in [0.15, 0.2) is 0 Å². The average Bonchev–Trinajstić information content (AvgIpc) is 2.54. The Morgan fingerprint density at radius 3 is 2.07 bits per heavy atom. The number of carbonyl (C=O) groups is 4. The molecule has 28 heavy (non-hydrogen) atoms. The molecular weight excluding hydrogens is 376 g/mol. The van der Waals surface area contributed by atoms with E-state index >= 15 is 0 Å². The van der Waals surface area contributed by atoms with Crippen molar-refractivity contribution in [2.75, 3.05) is 13.1 Å². The predicted molar refractivity (Wildman–Crippen MR) is 94.7 cm³/mol. The summed E-state index contributed by atoms with van der Waals surface area (Å²) in [5.41, 5.74) is 6.39. The molecule has 1 fully saturated rings. The summed E-state index contributed by atoms with van der Waals surface area (Å²) >= 11 is 0. The minimum atomic E-state index is -1.57. The quantitative estimate of drug-likeness (QED) is 0.278. The van der Waals surface area contributed by atoms with Gasteiger partial charge >= 0.3 is 23.9 Å². The number of carboxylic acid groups (broad SMARTS) is 4. The van der Waals surface area contributed by atoms with Crippen molar-refractivity contribution in [2.24, 2.45) is 5.92 Å². The third-order valence-corrected chi connectivity index (χ3v) is 4.75. The van der Waals surface area contributed by atoms with Crippen LogP contribution in [0.4, 0.5) is 0 Å². The van der Waals surface area contributed by atoms with E-state index in [4.69, 9.17) is 5.11 Å². The highest BCUT2D eigenvalue weighted by Gasteiger charge is 2.42. The summed E-state index contributed by atoms with van der Waals surface area (Å²) in [6.45, 7) is -0.155. The van der Waals surface area contributed by atoms with Crippen LogP contribution in [0, 0.1) is 5.92 Å². The van der Waals surface area contributed by atoms with Crippen LogP contribution in [0.3, 0.4) is 0 Å². The summed E-state index contributed by atoms with van der Waals surface area (Å²) in [5.74, 6) is -5.09. The number of hydrazine groups is 3. The maximum atomic E-state index is 11.5. The van der Waals surface area contributed by atoms with E-state index in [0.29, 0.717) is 13.0 Å². The Balaban J connectivity index is 3.24. The summed E-state index contributed by atoms with van der Waals surface area (Å²) in [7, 11) is 0. The number of nitrogens with zero attached hydrogens (tertiary/aromatic N) is 1. The van der Waals surface area contributed by atoms with Crippen molar-refractivity contribution in [1.29, 1.82) is 0 Å². The van der Waals surface area contributed by atoms with Crippen LogP contribution >= 0.6 is 0 Å². The Morgan fingerprint density at radius 1 is 0.893 bits per heavy atom. The molecule has 0 aliphatic carbocycles. The zero-order valence-corrected chi connectivity index (χ0v) is 15.5. The summed E-state index contributed by atoms with van der Waals surface area (Å²) in [5, 5.41) is 38.2. The van der Waals surface area contributed by atoms with Crippen molar-refractivity contribution in [2.45, 2.75) is 56.9 Å². The second-order valence-corrected chi connectivity index (χ2v) is 7.01. The van der Waals surface area contributed by atoms with E-state index < -0.39 is 48.8 Å². The molecule has 160 valence electrons. The average molecular weight is 404 g/mol. The Kier molecular flexibility index (Phi) is 9.79. The molecule has 1 rings (SSSR count). The third-order valence-electron chi connectivity index (χ3n) is 4.75. The first kappa shape index (κ1) is 23.8. The normalized spacial score (nSPS) is 21.8. The molecule has 0 saturated carbocycles. The first-order valence-corrected chi connectivity index (χ1v) is 9.03. The highest BCUT2D eigenvalue weighted by Crippen LogP contribution is 2.32. The lowest BCUT2D eigenvalue weighted by Crippen LogP contribution is -2.64. The van der Waals surface area contributed by atoms with E-state index in [0.717, 1.165) is 17.9 Å². The zero-order valence-electron chi connectivity index (χ0n) is 15.5. The molecule has 0 spiro atoms. The van der Waals surface area contributed by atoms with Gasteiger partial charge in [-0.15, -0.1) is 0 Å². The second-order valence-electron chi connectivity index (χ2n) is 7.01. The number of carboxylic acids is 4. The molecule has 1 unspecified atom stereocenters. The molecule has 0 radical (unpaired) electrons. The topological polar surface area (TPSA) is 189 Å². The highest BCUT2D eigenvalue weighted by atomic mass is 16.4. The van der Waals surface area contributed by atoms with Crippen LogP contribution in [-0.2, 0) is 19.2 Å². The van der Waals surface area contributed by atoms with Crippen molar-refractivity contribution >= 4 is 23.9 Å². The molecule has 0 aromatic heterocycles. The van der Waals surface area contributed by atoms with Crippen molar-refractivity contribution in [3.63, 3.8) is 0 Å². The number of hydrogen-bond acceptors (Lipinski definition) is 8. The van der Waals surface area contributed by atoms with Crippen molar-refractivity contribution in [3.8, 4) is 0 Å². The number of nitrogens with one attached hydrogen (secondary N) is 3. The molecule has 1 aliphatic rings. The molecule has 12 nitrogen and oxygen atoms in total. The molecule has 0 aromatic rings. The smallest absolute Gasteiger partial charge is 0.319 e. The van der Waals surface area contributed by atoms with Gasteiger partial charge in [0.05, 0.1) is 18.4 Å². The summed E-state index contributed by atoms with van der Waals surface area (Å²) in [6, 6.07) is 0. The van der Waals surface area contributed by atoms with Gasteiger partial charge in [0.25, 0.3) is 0 Å². The zero-order chi connectivity index (χ0) is 21.2. The largest absolute Gasteiger partial charge is 0.481 e. The third kappa shape index (κ3) is 8.61.